The molecule has 94 valence electrons. The highest BCUT2D eigenvalue weighted by atomic mass is 32.2. The lowest BCUT2D eigenvalue weighted by atomic mass is 10.1. The van der Waals surface area contributed by atoms with E-state index >= 15 is 0 Å². The third-order valence-electron chi connectivity index (χ3n) is 2.41. The van der Waals surface area contributed by atoms with Crippen molar-refractivity contribution in [2.24, 2.45) is 0 Å². The molecule has 0 atom stereocenters. The minimum atomic E-state index is -3.66. The number of nitro benzene ring substituents is 1. The van der Waals surface area contributed by atoms with Crippen molar-refractivity contribution in [3.05, 3.63) is 46.9 Å². The Morgan fingerprint density at radius 1 is 1.22 bits per heavy atom. The smallest absolute Gasteiger partial charge is 0.288 e. The lowest BCUT2D eigenvalue weighted by Gasteiger charge is -2.03. The molecular weight excluding hydrogens is 258 g/mol. The van der Waals surface area contributed by atoms with Crippen LogP contribution in [0.2, 0.25) is 0 Å². The fourth-order valence-electron chi connectivity index (χ4n) is 1.57. The van der Waals surface area contributed by atoms with Crippen molar-refractivity contribution in [1.29, 1.82) is 0 Å². The molecule has 1 heterocycles. The molecule has 0 unspecified atom stereocenters. The molecule has 18 heavy (non-hydrogen) atoms. The molecule has 7 heteroatoms. The van der Waals surface area contributed by atoms with E-state index in [9.17, 15) is 18.5 Å². The van der Waals surface area contributed by atoms with Crippen LogP contribution < -0.4 is 0 Å². The summed E-state index contributed by atoms with van der Waals surface area (Å²) in [6, 6.07) is 5.59. The van der Waals surface area contributed by atoms with Crippen molar-refractivity contribution < 1.29 is 17.8 Å². The maximum absolute atomic E-state index is 11.6. The summed E-state index contributed by atoms with van der Waals surface area (Å²) in [6.45, 7) is 0. The third-order valence-corrected chi connectivity index (χ3v) is 3.54. The Bertz CT molecular complexity index is 688. The summed E-state index contributed by atoms with van der Waals surface area (Å²) in [5, 5.41) is 10.8. The molecule has 6 nitrogen and oxygen atoms in total. The van der Waals surface area contributed by atoms with E-state index < -0.39 is 20.4 Å². The predicted octanol–water partition coefficient (Wildman–Crippen LogP) is 2.26. The van der Waals surface area contributed by atoms with Crippen LogP contribution in [0.25, 0.3) is 11.1 Å². The van der Waals surface area contributed by atoms with Gasteiger partial charge in [-0.05, 0) is 23.8 Å². The number of sulfone groups is 1. The van der Waals surface area contributed by atoms with E-state index in [1.165, 1.54) is 30.7 Å². The Balaban J connectivity index is 2.67. The monoisotopic (exact) mass is 267 g/mol. The summed E-state index contributed by atoms with van der Waals surface area (Å²) < 4.78 is 28.0. The molecule has 0 bridgehead atoms. The standard InChI is InChI=1S/C11H9NO5S/c1-18(15,16)11-6-8(9-4-5-17-7-9)2-3-10(11)12(13)14/h2-7H,1H3. The Morgan fingerprint density at radius 2 is 1.94 bits per heavy atom. The van der Waals surface area contributed by atoms with Crippen molar-refractivity contribution in [3.8, 4) is 11.1 Å². The highest BCUT2D eigenvalue weighted by Gasteiger charge is 2.22. The maximum Gasteiger partial charge on any atom is 0.288 e. The van der Waals surface area contributed by atoms with Crippen LogP contribution in [0.3, 0.4) is 0 Å². The SMILES string of the molecule is CS(=O)(=O)c1cc(-c2ccoc2)ccc1[N+](=O)[O-]. The Hall–Kier alpha value is -2.15. The van der Waals surface area contributed by atoms with Crippen LogP contribution in [-0.4, -0.2) is 19.6 Å². The minimum absolute atomic E-state index is 0.300. The van der Waals surface area contributed by atoms with Crippen molar-refractivity contribution >= 4 is 15.5 Å². The van der Waals surface area contributed by atoms with Crippen molar-refractivity contribution in [2.45, 2.75) is 4.90 Å². The van der Waals surface area contributed by atoms with E-state index in [0.29, 0.717) is 11.1 Å². The molecular formula is C11H9NO5S. The quantitative estimate of drug-likeness (QED) is 0.628. The molecule has 0 radical (unpaired) electrons. The van der Waals surface area contributed by atoms with E-state index in [4.69, 9.17) is 4.42 Å². The largest absolute Gasteiger partial charge is 0.472 e. The summed E-state index contributed by atoms with van der Waals surface area (Å²) in [7, 11) is -3.66. The minimum Gasteiger partial charge on any atom is -0.472 e. The average molecular weight is 267 g/mol. The van der Waals surface area contributed by atoms with Crippen LogP contribution in [0.4, 0.5) is 5.69 Å². The predicted molar refractivity (Wildman–Crippen MR) is 63.9 cm³/mol. The van der Waals surface area contributed by atoms with Gasteiger partial charge in [-0.25, -0.2) is 8.42 Å². The van der Waals surface area contributed by atoms with E-state index in [1.54, 1.807) is 6.07 Å². The van der Waals surface area contributed by atoms with Gasteiger partial charge in [0.15, 0.2) is 9.84 Å². The zero-order chi connectivity index (χ0) is 13.3. The fourth-order valence-corrected chi connectivity index (χ4v) is 2.43. The summed E-state index contributed by atoms with van der Waals surface area (Å²) in [5.74, 6) is 0. The van der Waals surface area contributed by atoms with Gasteiger partial charge in [-0.1, -0.05) is 0 Å². The highest BCUT2D eigenvalue weighted by molar-refractivity contribution is 7.90. The van der Waals surface area contributed by atoms with Gasteiger partial charge >= 0.3 is 0 Å². The van der Waals surface area contributed by atoms with E-state index in [-0.39, 0.29) is 4.90 Å². The molecule has 0 aliphatic heterocycles. The first-order valence-corrected chi connectivity index (χ1v) is 6.80. The summed E-state index contributed by atoms with van der Waals surface area (Å²) in [6.07, 6.45) is 3.82. The number of nitrogens with zero attached hydrogens (tertiary/aromatic N) is 1. The zero-order valence-electron chi connectivity index (χ0n) is 9.36. The van der Waals surface area contributed by atoms with Crippen LogP contribution in [0.15, 0.2) is 46.1 Å². The van der Waals surface area contributed by atoms with Crippen molar-refractivity contribution in [2.75, 3.05) is 6.26 Å². The third kappa shape index (κ3) is 2.25. The second-order valence-corrected chi connectivity index (χ2v) is 5.71. The summed E-state index contributed by atoms with van der Waals surface area (Å²) >= 11 is 0. The van der Waals surface area contributed by atoms with E-state index in [0.717, 1.165) is 6.26 Å². The normalized spacial score (nSPS) is 11.4. The van der Waals surface area contributed by atoms with Gasteiger partial charge in [0.2, 0.25) is 0 Å². The van der Waals surface area contributed by atoms with Crippen LogP contribution in [0.1, 0.15) is 0 Å². The second-order valence-electron chi connectivity index (χ2n) is 3.72. The van der Waals surface area contributed by atoms with Gasteiger partial charge in [0.1, 0.15) is 4.90 Å². The fraction of sp³-hybridized carbons (Fsp3) is 0.0909. The Morgan fingerprint density at radius 3 is 2.44 bits per heavy atom. The van der Waals surface area contributed by atoms with Crippen LogP contribution in [0, 0.1) is 10.1 Å². The lowest BCUT2D eigenvalue weighted by Crippen LogP contribution is -2.02. The molecule has 0 aliphatic carbocycles. The molecule has 0 fully saturated rings. The van der Waals surface area contributed by atoms with Gasteiger partial charge in [-0.3, -0.25) is 10.1 Å². The molecule has 0 aliphatic rings. The first kappa shape index (κ1) is 12.3. The molecule has 0 spiro atoms. The zero-order valence-corrected chi connectivity index (χ0v) is 10.2. The van der Waals surface area contributed by atoms with Gasteiger partial charge in [-0.2, -0.15) is 0 Å². The molecule has 2 rings (SSSR count). The van der Waals surface area contributed by atoms with Gasteiger partial charge < -0.3 is 4.42 Å². The maximum atomic E-state index is 11.6. The number of benzene rings is 1. The molecule has 0 saturated carbocycles. The first-order chi connectivity index (χ1) is 8.39. The topological polar surface area (TPSA) is 90.4 Å². The highest BCUT2D eigenvalue weighted by Crippen LogP contribution is 2.29. The number of hydrogen-bond donors (Lipinski definition) is 0. The van der Waals surface area contributed by atoms with Gasteiger partial charge in [0, 0.05) is 17.9 Å². The van der Waals surface area contributed by atoms with Crippen LogP contribution >= 0.6 is 0 Å². The Kier molecular flexibility index (Phi) is 2.92. The van der Waals surface area contributed by atoms with Crippen molar-refractivity contribution in [1.82, 2.24) is 0 Å². The average Bonchev–Trinajstić information content (AvgIpc) is 2.80. The number of nitro groups is 1. The van der Waals surface area contributed by atoms with Crippen LogP contribution in [0.5, 0.6) is 0 Å². The first-order valence-electron chi connectivity index (χ1n) is 4.90. The number of hydrogen-bond acceptors (Lipinski definition) is 5. The Labute approximate surface area is 103 Å². The number of furan rings is 1. The van der Waals surface area contributed by atoms with Gasteiger partial charge in [0.05, 0.1) is 17.4 Å². The summed E-state index contributed by atoms with van der Waals surface area (Å²) in [5.41, 5.74) is 0.786. The van der Waals surface area contributed by atoms with E-state index in [1.807, 2.05) is 0 Å². The molecule has 1 aromatic heterocycles. The van der Waals surface area contributed by atoms with Crippen molar-refractivity contribution in [3.63, 3.8) is 0 Å². The molecule has 1 aromatic carbocycles. The van der Waals surface area contributed by atoms with Gasteiger partial charge in [-0.15, -0.1) is 0 Å². The lowest BCUT2D eigenvalue weighted by molar-refractivity contribution is -0.387. The molecule has 2 aromatic rings. The molecule has 0 saturated heterocycles. The van der Waals surface area contributed by atoms with Gasteiger partial charge in [0.25, 0.3) is 5.69 Å². The molecule has 0 N–H and O–H groups in total. The second kappa shape index (κ2) is 4.26. The van der Waals surface area contributed by atoms with Crippen LogP contribution in [-0.2, 0) is 9.84 Å². The molecule has 0 amide bonds. The number of rotatable bonds is 3. The summed E-state index contributed by atoms with van der Waals surface area (Å²) in [4.78, 5) is 9.78. The van der Waals surface area contributed by atoms with E-state index in [2.05, 4.69) is 0 Å².